The topological polar surface area (TPSA) is 55.8 Å². The van der Waals surface area contributed by atoms with Crippen LogP contribution in [0.1, 0.15) is 43.7 Å². The smallest absolute Gasteiger partial charge is 0.308 e. The standard InChI is InChI=1S/C20H27NO4/c1-14(19(22)21-12-10-16(11-13-21)20(23)24-2)25-18-9-5-7-15-6-3-4-8-17(15)18/h5,7,9,14,16H,3-4,6,8,10-13H2,1-2H3/t14-/m1/s1. The molecule has 1 amide bonds. The predicted molar refractivity (Wildman–Crippen MR) is 94.5 cm³/mol. The summed E-state index contributed by atoms with van der Waals surface area (Å²) >= 11 is 0. The lowest BCUT2D eigenvalue weighted by Gasteiger charge is -2.32. The van der Waals surface area contributed by atoms with Gasteiger partial charge < -0.3 is 14.4 Å². The third kappa shape index (κ3) is 3.97. The van der Waals surface area contributed by atoms with Crippen molar-refractivity contribution < 1.29 is 19.1 Å². The molecular formula is C20H27NO4. The van der Waals surface area contributed by atoms with Crippen LogP contribution in [0.4, 0.5) is 0 Å². The van der Waals surface area contributed by atoms with E-state index in [0.29, 0.717) is 25.9 Å². The van der Waals surface area contributed by atoms with Crippen LogP contribution in [0.15, 0.2) is 18.2 Å². The van der Waals surface area contributed by atoms with Gasteiger partial charge in [-0.1, -0.05) is 12.1 Å². The summed E-state index contributed by atoms with van der Waals surface area (Å²) in [6, 6.07) is 6.14. The number of rotatable bonds is 4. The van der Waals surface area contributed by atoms with Crippen LogP contribution < -0.4 is 4.74 Å². The first kappa shape index (κ1) is 17.8. The molecule has 0 bridgehead atoms. The number of likely N-dealkylation sites (tertiary alicyclic amines) is 1. The molecule has 0 N–H and O–H groups in total. The van der Waals surface area contributed by atoms with Crippen molar-refractivity contribution in [3.8, 4) is 5.75 Å². The van der Waals surface area contributed by atoms with Crippen molar-refractivity contribution in [2.24, 2.45) is 5.92 Å². The molecule has 0 spiro atoms. The van der Waals surface area contributed by atoms with E-state index in [-0.39, 0.29) is 17.8 Å². The summed E-state index contributed by atoms with van der Waals surface area (Å²) in [5.74, 6) is 0.581. The number of benzene rings is 1. The van der Waals surface area contributed by atoms with Crippen LogP contribution in [-0.4, -0.2) is 43.1 Å². The van der Waals surface area contributed by atoms with Gasteiger partial charge in [-0.3, -0.25) is 9.59 Å². The Labute approximate surface area is 149 Å². The lowest BCUT2D eigenvalue weighted by Crippen LogP contribution is -2.46. The number of hydrogen-bond acceptors (Lipinski definition) is 4. The van der Waals surface area contributed by atoms with E-state index in [1.807, 2.05) is 19.1 Å². The molecule has 25 heavy (non-hydrogen) atoms. The van der Waals surface area contributed by atoms with E-state index in [9.17, 15) is 9.59 Å². The van der Waals surface area contributed by atoms with Crippen LogP contribution in [0.2, 0.25) is 0 Å². The number of nitrogens with zero attached hydrogens (tertiary/aromatic N) is 1. The van der Waals surface area contributed by atoms with E-state index in [2.05, 4.69) is 6.07 Å². The number of aryl methyl sites for hydroxylation is 1. The molecule has 1 heterocycles. The first-order chi connectivity index (χ1) is 12.1. The van der Waals surface area contributed by atoms with Crippen LogP contribution in [0.5, 0.6) is 5.75 Å². The maximum atomic E-state index is 12.7. The first-order valence-corrected chi connectivity index (χ1v) is 9.24. The van der Waals surface area contributed by atoms with Crippen molar-refractivity contribution in [1.82, 2.24) is 4.90 Å². The fraction of sp³-hybridized carbons (Fsp3) is 0.600. The van der Waals surface area contributed by atoms with Gasteiger partial charge in [-0.05, 0) is 62.6 Å². The highest BCUT2D eigenvalue weighted by atomic mass is 16.5. The molecule has 0 unspecified atom stereocenters. The van der Waals surface area contributed by atoms with Crippen molar-refractivity contribution in [3.63, 3.8) is 0 Å². The summed E-state index contributed by atoms with van der Waals surface area (Å²) in [6.45, 7) is 2.98. The average molecular weight is 345 g/mol. The van der Waals surface area contributed by atoms with Gasteiger partial charge in [0.1, 0.15) is 5.75 Å². The molecule has 1 aromatic carbocycles. The minimum atomic E-state index is -0.511. The molecule has 3 rings (SSSR count). The average Bonchev–Trinajstić information content (AvgIpc) is 2.67. The van der Waals surface area contributed by atoms with Gasteiger partial charge in [-0.15, -0.1) is 0 Å². The van der Waals surface area contributed by atoms with Crippen LogP contribution in [-0.2, 0) is 27.2 Å². The summed E-state index contributed by atoms with van der Waals surface area (Å²) in [6.07, 6.45) is 5.32. The summed E-state index contributed by atoms with van der Waals surface area (Å²) in [5, 5.41) is 0. The van der Waals surface area contributed by atoms with E-state index in [4.69, 9.17) is 9.47 Å². The second-order valence-electron chi connectivity index (χ2n) is 6.98. The Balaban J connectivity index is 1.60. The van der Waals surface area contributed by atoms with Crippen molar-refractivity contribution >= 4 is 11.9 Å². The zero-order valence-corrected chi connectivity index (χ0v) is 15.1. The van der Waals surface area contributed by atoms with Crippen molar-refractivity contribution in [2.45, 2.75) is 51.6 Å². The first-order valence-electron chi connectivity index (χ1n) is 9.24. The van der Waals surface area contributed by atoms with Crippen molar-refractivity contribution in [1.29, 1.82) is 0 Å². The molecule has 5 nitrogen and oxygen atoms in total. The van der Waals surface area contributed by atoms with E-state index in [1.165, 1.54) is 31.1 Å². The molecule has 1 fully saturated rings. The number of esters is 1. The fourth-order valence-corrected chi connectivity index (χ4v) is 3.86. The molecule has 1 saturated heterocycles. The zero-order chi connectivity index (χ0) is 17.8. The molecule has 5 heteroatoms. The van der Waals surface area contributed by atoms with Crippen molar-refractivity contribution in [3.05, 3.63) is 29.3 Å². The van der Waals surface area contributed by atoms with Crippen LogP contribution in [0, 0.1) is 5.92 Å². The van der Waals surface area contributed by atoms with Crippen molar-refractivity contribution in [2.75, 3.05) is 20.2 Å². The van der Waals surface area contributed by atoms with E-state index >= 15 is 0 Å². The van der Waals surface area contributed by atoms with Crippen LogP contribution in [0.25, 0.3) is 0 Å². The van der Waals surface area contributed by atoms with Gasteiger partial charge in [0.2, 0.25) is 0 Å². The molecule has 1 atom stereocenters. The Morgan fingerprint density at radius 2 is 1.88 bits per heavy atom. The number of methoxy groups -OCH3 is 1. The van der Waals surface area contributed by atoms with Gasteiger partial charge in [0.05, 0.1) is 13.0 Å². The number of carbonyl (C=O) groups is 2. The second-order valence-corrected chi connectivity index (χ2v) is 6.98. The lowest BCUT2D eigenvalue weighted by atomic mass is 9.91. The Bertz CT molecular complexity index is 635. The largest absolute Gasteiger partial charge is 0.481 e. The highest BCUT2D eigenvalue weighted by Crippen LogP contribution is 2.30. The van der Waals surface area contributed by atoms with Gasteiger partial charge >= 0.3 is 5.97 Å². The summed E-state index contributed by atoms with van der Waals surface area (Å²) < 4.78 is 10.8. The maximum absolute atomic E-state index is 12.7. The van der Waals surface area contributed by atoms with E-state index in [1.54, 1.807) is 4.90 Å². The Kier molecular flexibility index (Phi) is 5.61. The third-order valence-corrected chi connectivity index (χ3v) is 5.35. The van der Waals surface area contributed by atoms with Crippen LogP contribution in [0.3, 0.4) is 0 Å². The number of ether oxygens (including phenoxy) is 2. The number of amides is 1. The highest BCUT2D eigenvalue weighted by molar-refractivity contribution is 5.81. The molecule has 2 aliphatic rings. The van der Waals surface area contributed by atoms with Gasteiger partial charge in [0, 0.05) is 13.1 Å². The molecule has 136 valence electrons. The van der Waals surface area contributed by atoms with Gasteiger partial charge in [-0.2, -0.15) is 0 Å². The van der Waals surface area contributed by atoms with Gasteiger partial charge in [0.25, 0.3) is 5.91 Å². The highest BCUT2D eigenvalue weighted by Gasteiger charge is 2.30. The summed E-state index contributed by atoms with van der Waals surface area (Å²) in [7, 11) is 1.41. The molecule has 0 aromatic heterocycles. The Morgan fingerprint density at radius 3 is 2.60 bits per heavy atom. The SMILES string of the molecule is COC(=O)C1CCN(C(=O)[C@@H](C)Oc2cccc3c2CCCC3)CC1. The number of hydrogen-bond donors (Lipinski definition) is 0. The minimum absolute atomic E-state index is 0.00303. The van der Waals surface area contributed by atoms with Gasteiger partial charge in [0.15, 0.2) is 6.10 Å². The number of fused-ring (bicyclic) bond motifs is 1. The molecule has 0 radical (unpaired) electrons. The second kappa shape index (κ2) is 7.89. The minimum Gasteiger partial charge on any atom is -0.481 e. The predicted octanol–water partition coefficient (Wildman–Crippen LogP) is 2.74. The van der Waals surface area contributed by atoms with Gasteiger partial charge in [-0.25, -0.2) is 0 Å². The molecular weight excluding hydrogens is 318 g/mol. The van der Waals surface area contributed by atoms with E-state index < -0.39 is 6.10 Å². The normalized spacial score (nSPS) is 19.0. The number of piperidine rings is 1. The lowest BCUT2D eigenvalue weighted by molar-refractivity contribution is -0.150. The molecule has 1 aromatic rings. The fourth-order valence-electron chi connectivity index (χ4n) is 3.86. The molecule has 1 aliphatic carbocycles. The van der Waals surface area contributed by atoms with Crippen LogP contribution >= 0.6 is 0 Å². The number of carbonyl (C=O) groups excluding carboxylic acids is 2. The Morgan fingerprint density at radius 1 is 1.16 bits per heavy atom. The summed E-state index contributed by atoms with van der Waals surface area (Å²) in [5.41, 5.74) is 2.61. The maximum Gasteiger partial charge on any atom is 0.308 e. The van der Waals surface area contributed by atoms with E-state index in [0.717, 1.165) is 18.6 Å². The molecule has 0 saturated carbocycles. The molecule has 1 aliphatic heterocycles. The zero-order valence-electron chi connectivity index (χ0n) is 15.1. The third-order valence-electron chi connectivity index (χ3n) is 5.35. The quantitative estimate of drug-likeness (QED) is 0.788. The summed E-state index contributed by atoms with van der Waals surface area (Å²) in [4.78, 5) is 26.1. The Hall–Kier alpha value is -2.04. The monoisotopic (exact) mass is 345 g/mol.